The minimum Gasteiger partial charge on any atom is -0.481 e. The third-order valence-corrected chi connectivity index (χ3v) is 6.63. The molecule has 1 fully saturated rings. The zero-order valence-electron chi connectivity index (χ0n) is 20.0. The Hall–Kier alpha value is -4.46. The van der Waals surface area contributed by atoms with Gasteiger partial charge in [0, 0.05) is 0 Å². The van der Waals surface area contributed by atoms with Gasteiger partial charge in [0.25, 0.3) is 0 Å². The fourth-order valence-corrected chi connectivity index (χ4v) is 4.30. The highest BCUT2D eigenvalue weighted by atomic mass is 16.6. The molecule has 4 aromatic rings. The second kappa shape index (κ2) is 9.30. The molecule has 5 rings (SSSR count). The molecule has 36 heavy (non-hydrogen) atoms. The lowest BCUT2D eigenvalue weighted by atomic mass is 9.92. The summed E-state index contributed by atoms with van der Waals surface area (Å²) in [4.78, 5) is 24.3. The molecule has 1 atom stereocenters. The Morgan fingerprint density at radius 3 is 2.39 bits per heavy atom. The highest BCUT2D eigenvalue weighted by Crippen LogP contribution is 2.49. The number of hydrogen-bond acceptors (Lipinski definition) is 5. The van der Waals surface area contributed by atoms with E-state index in [1.165, 1.54) is 0 Å². The number of benzene rings is 3. The number of carbonyl (C=O) groups excluding carboxylic acids is 1. The van der Waals surface area contributed by atoms with Crippen LogP contribution in [0.15, 0.2) is 78.9 Å². The van der Waals surface area contributed by atoms with Gasteiger partial charge in [-0.1, -0.05) is 71.9 Å². The van der Waals surface area contributed by atoms with E-state index in [1.807, 2.05) is 85.8 Å². The summed E-state index contributed by atoms with van der Waals surface area (Å²) in [5, 5.41) is 20.7. The first-order valence-corrected chi connectivity index (χ1v) is 11.8. The topological polar surface area (TPSA) is 106 Å². The number of anilines is 1. The summed E-state index contributed by atoms with van der Waals surface area (Å²) in [5.74, 6) is -0.347. The summed E-state index contributed by atoms with van der Waals surface area (Å²) >= 11 is 0. The van der Waals surface area contributed by atoms with Crippen LogP contribution in [0.4, 0.5) is 10.6 Å². The van der Waals surface area contributed by atoms with Crippen LogP contribution in [0.5, 0.6) is 0 Å². The first kappa shape index (κ1) is 23.3. The van der Waals surface area contributed by atoms with Crippen molar-refractivity contribution in [2.45, 2.75) is 38.2 Å². The van der Waals surface area contributed by atoms with Crippen molar-refractivity contribution in [2.75, 3.05) is 5.32 Å². The fourth-order valence-electron chi connectivity index (χ4n) is 4.30. The minimum atomic E-state index is -0.770. The molecule has 1 heterocycles. The van der Waals surface area contributed by atoms with Crippen LogP contribution in [-0.2, 0) is 14.9 Å². The van der Waals surface area contributed by atoms with E-state index < -0.39 is 23.6 Å². The highest BCUT2D eigenvalue weighted by Gasteiger charge is 2.51. The first-order valence-electron chi connectivity index (χ1n) is 11.8. The van der Waals surface area contributed by atoms with Crippen LogP contribution in [0.25, 0.3) is 16.8 Å². The number of carboxylic acid groups (broad SMARTS) is 1. The van der Waals surface area contributed by atoms with E-state index in [2.05, 4.69) is 15.6 Å². The molecule has 0 radical (unpaired) electrons. The molecule has 0 saturated heterocycles. The lowest BCUT2D eigenvalue weighted by Crippen LogP contribution is -2.19. The number of nitrogens with one attached hydrogen (secondary N) is 1. The first-order chi connectivity index (χ1) is 17.4. The maximum atomic E-state index is 12.6. The van der Waals surface area contributed by atoms with Gasteiger partial charge < -0.3 is 9.84 Å². The predicted molar refractivity (Wildman–Crippen MR) is 135 cm³/mol. The smallest absolute Gasteiger partial charge is 0.413 e. The van der Waals surface area contributed by atoms with Crippen molar-refractivity contribution in [3.8, 4) is 16.8 Å². The number of hydrogen-bond donors (Lipinski definition) is 2. The molecule has 0 unspecified atom stereocenters. The maximum absolute atomic E-state index is 12.6. The van der Waals surface area contributed by atoms with Crippen LogP contribution in [-0.4, -0.2) is 32.2 Å². The number of aryl methyl sites for hydroxylation is 1. The second-order valence-corrected chi connectivity index (χ2v) is 9.03. The van der Waals surface area contributed by atoms with Crippen LogP contribution in [0.2, 0.25) is 0 Å². The monoisotopic (exact) mass is 482 g/mol. The van der Waals surface area contributed by atoms with E-state index in [0.29, 0.717) is 30.0 Å². The van der Waals surface area contributed by atoms with Crippen molar-refractivity contribution in [2.24, 2.45) is 0 Å². The van der Waals surface area contributed by atoms with Crippen molar-refractivity contribution in [1.82, 2.24) is 15.0 Å². The molecule has 0 spiro atoms. The summed E-state index contributed by atoms with van der Waals surface area (Å²) < 4.78 is 7.08. The average molecular weight is 483 g/mol. The third kappa shape index (κ3) is 4.45. The molecule has 1 aliphatic carbocycles. The van der Waals surface area contributed by atoms with Crippen molar-refractivity contribution in [3.63, 3.8) is 0 Å². The van der Waals surface area contributed by atoms with Gasteiger partial charge in [0.05, 0.1) is 11.1 Å². The van der Waals surface area contributed by atoms with Crippen LogP contribution >= 0.6 is 0 Å². The molecule has 3 aromatic carbocycles. The zero-order valence-corrected chi connectivity index (χ0v) is 20.0. The molecule has 182 valence electrons. The minimum absolute atomic E-state index is 0.415. The number of ether oxygens (including phenoxy) is 1. The molecule has 8 heteroatoms. The number of carboxylic acids is 1. The Bertz CT molecular complexity index is 1410. The Morgan fingerprint density at radius 2 is 1.72 bits per heavy atom. The number of amides is 1. The lowest BCUT2D eigenvalue weighted by molar-refractivity contribution is -0.140. The van der Waals surface area contributed by atoms with Crippen LogP contribution < -0.4 is 5.32 Å². The van der Waals surface area contributed by atoms with Gasteiger partial charge in [0.1, 0.15) is 11.8 Å². The summed E-state index contributed by atoms with van der Waals surface area (Å²) in [7, 11) is 0. The summed E-state index contributed by atoms with van der Waals surface area (Å²) in [6, 6.07) is 24.8. The van der Waals surface area contributed by atoms with Gasteiger partial charge in [-0.2, -0.15) is 4.68 Å². The molecule has 1 amide bonds. The Balaban J connectivity index is 1.33. The molecule has 2 N–H and O–H groups in total. The van der Waals surface area contributed by atoms with Crippen molar-refractivity contribution in [1.29, 1.82) is 0 Å². The van der Waals surface area contributed by atoms with Gasteiger partial charge in [-0.3, -0.25) is 10.1 Å². The van der Waals surface area contributed by atoms with Crippen LogP contribution in [0.1, 0.15) is 42.7 Å². The summed E-state index contributed by atoms with van der Waals surface area (Å²) in [5.41, 5.74) is 4.14. The largest absolute Gasteiger partial charge is 0.481 e. The standard InChI is InChI=1S/C28H26N4O4/c1-18-25(29-27(35)36-19(2)20-7-4-3-5-8-20)32(31-30-18)24-13-11-21(12-14-24)22-9-6-10-23(17-22)28(15-16-28)26(33)34/h3-14,17,19H,15-16H2,1-2H3,(H,29,35)(H,33,34)/t19-/m1/s1. The normalized spacial score (nSPS) is 14.6. The second-order valence-electron chi connectivity index (χ2n) is 9.03. The number of rotatable bonds is 7. The Labute approximate surface area is 208 Å². The SMILES string of the molecule is Cc1nnn(-c2ccc(-c3cccc(C4(C(=O)O)CC4)c3)cc2)c1NC(=O)O[C@H](C)c1ccccc1. The molecular weight excluding hydrogens is 456 g/mol. The fraction of sp³-hybridized carbons (Fsp3) is 0.214. The molecule has 0 bridgehead atoms. The number of aromatic nitrogens is 3. The summed E-state index contributed by atoms with van der Waals surface area (Å²) in [6.45, 7) is 3.57. The van der Waals surface area contributed by atoms with E-state index >= 15 is 0 Å². The predicted octanol–water partition coefficient (Wildman–Crippen LogP) is 5.67. The zero-order chi connectivity index (χ0) is 25.3. The average Bonchev–Trinajstić information content (AvgIpc) is 3.64. The van der Waals surface area contributed by atoms with E-state index in [9.17, 15) is 14.7 Å². The Kier molecular flexibility index (Phi) is 6.01. The van der Waals surface area contributed by atoms with Crippen molar-refractivity contribution in [3.05, 3.63) is 95.7 Å². The maximum Gasteiger partial charge on any atom is 0.413 e. The molecule has 8 nitrogen and oxygen atoms in total. The van der Waals surface area contributed by atoms with Gasteiger partial charge in [-0.15, -0.1) is 5.10 Å². The van der Waals surface area contributed by atoms with Crippen LogP contribution in [0, 0.1) is 6.92 Å². The van der Waals surface area contributed by atoms with Gasteiger partial charge in [-0.05, 0) is 61.1 Å². The third-order valence-electron chi connectivity index (χ3n) is 6.63. The molecular formula is C28H26N4O4. The van der Waals surface area contributed by atoms with Gasteiger partial charge in [0.15, 0.2) is 5.82 Å². The quantitative estimate of drug-likeness (QED) is 0.352. The van der Waals surface area contributed by atoms with Crippen molar-refractivity contribution >= 4 is 17.9 Å². The Morgan fingerprint density at radius 1 is 1.00 bits per heavy atom. The van der Waals surface area contributed by atoms with E-state index in [-0.39, 0.29) is 0 Å². The van der Waals surface area contributed by atoms with Gasteiger partial charge in [-0.25, -0.2) is 4.79 Å². The summed E-state index contributed by atoms with van der Waals surface area (Å²) in [6.07, 6.45) is 0.318. The number of nitrogens with zero attached hydrogens (tertiary/aromatic N) is 3. The van der Waals surface area contributed by atoms with E-state index in [0.717, 1.165) is 22.3 Å². The van der Waals surface area contributed by atoms with Gasteiger partial charge >= 0.3 is 12.1 Å². The lowest BCUT2D eigenvalue weighted by Gasteiger charge is -2.15. The number of aliphatic carboxylic acids is 1. The molecule has 1 aliphatic rings. The van der Waals surface area contributed by atoms with Crippen LogP contribution in [0.3, 0.4) is 0 Å². The molecule has 1 saturated carbocycles. The van der Waals surface area contributed by atoms with Gasteiger partial charge in [0.2, 0.25) is 0 Å². The van der Waals surface area contributed by atoms with E-state index in [1.54, 1.807) is 11.6 Å². The van der Waals surface area contributed by atoms with Crippen molar-refractivity contribution < 1.29 is 19.4 Å². The highest BCUT2D eigenvalue weighted by molar-refractivity contribution is 5.86. The van der Waals surface area contributed by atoms with E-state index in [4.69, 9.17) is 4.74 Å². The molecule has 0 aliphatic heterocycles. The number of carbonyl (C=O) groups is 2. The molecule has 1 aromatic heterocycles.